The van der Waals surface area contributed by atoms with Gasteiger partial charge in [0.2, 0.25) is 5.91 Å². The fourth-order valence-corrected chi connectivity index (χ4v) is 3.34. The predicted molar refractivity (Wildman–Crippen MR) is 101 cm³/mol. The number of carbonyl (C=O) groups excluding carboxylic acids is 2. The van der Waals surface area contributed by atoms with Crippen molar-refractivity contribution in [1.29, 1.82) is 0 Å². The first-order valence-electron chi connectivity index (χ1n) is 9.12. The molecule has 1 amide bonds. The van der Waals surface area contributed by atoms with E-state index in [1.807, 2.05) is 30.1 Å². The summed E-state index contributed by atoms with van der Waals surface area (Å²) < 4.78 is 10.3. The maximum absolute atomic E-state index is 12.3. The van der Waals surface area contributed by atoms with Crippen molar-refractivity contribution in [2.24, 2.45) is 0 Å². The van der Waals surface area contributed by atoms with Crippen molar-refractivity contribution in [2.45, 2.75) is 31.7 Å². The van der Waals surface area contributed by atoms with Gasteiger partial charge >= 0.3 is 5.97 Å². The summed E-state index contributed by atoms with van der Waals surface area (Å²) >= 11 is 0. The van der Waals surface area contributed by atoms with E-state index in [0.717, 1.165) is 12.8 Å². The van der Waals surface area contributed by atoms with E-state index in [1.54, 1.807) is 13.0 Å². The van der Waals surface area contributed by atoms with Crippen molar-refractivity contribution >= 4 is 11.9 Å². The smallest absolute Gasteiger partial charge is 0.341 e. The molecule has 1 heterocycles. The average molecular weight is 370 g/mol. The average Bonchev–Trinajstić information content (AvgIpc) is 3.37. The molecule has 0 saturated heterocycles. The zero-order chi connectivity index (χ0) is 19.4. The summed E-state index contributed by atoms with van der Waals surface area (Å²) in [4.78, 5) is 25.8. The van der Waals surface area contributed by atoms with E-state index in [4.69, 9.17) is 9.15 Å². The first kappa shape index (κ1) is 19.2. The van der Waals surface area contributed by atoms with Gasteiger partial charge in [0.25, 0.3) is 0 Å². The number of carbonyl (C=O) groups is 2. The Balaban J connectivity index is 1.49. The zero-order valence-corrected chi connectivity index (χ0v) is 16.1. The number of hydrogen-bond donors (Lipinski definition) is 1. The zero-order valence-electron chi connectivity index (χ0n) is 16.1. The molecule has 6 nitrogen and oxygen atoms in total. The fraction of sp³-hybridized carbons (Fsp3) is 0.429. The van der Waals surface area contributed by atoms with Crippen molar-refractivity contribution < 1.29 is 18.7 Å². The summed E-state index contributed by atoms with van der Waals surface area (Å²) in [5, 5.41) is 3.06. The van der Waals surface area contributed by atoms with Gasteiger partial charge in [-0.2, -0.15) is 0 Å². The second-order valence-electron chi connectivity index (χ2n) is 7.27. The summed E-state index contributed by atoms with van der Waals surface area (Å²) in [6.07, 6.45) is 2.21. The van der Waals surface area contributed by atoms with Gasteiger partial charge in [-0.25, -0.2) is 4.79 Å². The van der Waals surface area contributed by atoms with Gasteiger partial charge in [0.05, 0.1) is 20.2 Å². The molecule has 1 aromatic heterocycles. The van der Waals surface area contributed by atoms with Gasteiger partial charge in [-0.1, -0.05) is 30.3 Å². The van der Waals surface area contributed by atoms with Crippen LogP contribution in [0.3, 0.4) is 0 Å². The summed E-state index contributed by atoms with van der Waals surface area (Å²) in [6.45, 7) is 3.09. The molecule has 144 valence electrons. The number of ether oxygens (including phenoxy) is 1. The number of amides is 1. The van der Waals surface area contributed by atoms with E-state index in [1.165, 1.54) is 12.7 Å². The topological polar surface area (TPSA) is 71.8 Å². The molecule has 0 aliphatic heterocycles. The molecule has 6 heteroatoms. The third-order valence-electron chi connectivity index (χ3n) is 5.08. The van der Waals surface area contributed by atoms with Gasteiger partial charge in [-0.3, -0.25) is 9.69 Å². The lowest BCUT2D eigenvalue weighted by Gasteiger charge is -2.19. The molecule has 1 aliphatic carbocycles. The molecule has 1 N–H and O–H groups in total. The van der Waals surface area contributed by atoms with Crippen LogP contribution in [0.2, 0.25) is 0 Å². The highest BCUT2D eigenvalue weighted by molar-refractivity contribution is 5.90. The van der Waals surface area contributed by atoms with Crippen LogP contribution in [0, 0.1) is 6.92 Å². The molecule has 0 atom stereocenters. The Labute approximate surface area is 159 Å². The number of likely N-dealkylation sites (N-methyl/N-ethyl adjacent to an activating group) is 1. The highest BCUT2D eigenvalue weighted by Gasteiger charge is 2.44. The van der Waals surface area contributed by atoms with Crippen LogP contribution in [0.4, 0.5) is 0 Å². The number of benzene rings is 1. The van der Waals surface area contributed by atoms with Crippen LogP contribution >= 0.6 is 0 Å². The molecule has 0 unspecified atom stereocenters. The fourth-order valence-electron chi connectivity index (χ4n) is 3.34. The SMILES string of the molecule is COC(=O)c1cc(CN(C)CC(=O)NCC2(c3ccccc3)CC2)oc1C. The number of aryl methyl sites for hydroxylation is 1. The second kappa shape index (κ2) is 7.96. The van der Waals surface area contributed by atoms with E-state index in [0.29, 0.717) is 30.2 Å². The number of furan rings is 1. The van der Waals surface area contributed by atoms with Gasteiger partial charge in [0.15, 0.2) is 0 Å². The van der Waals surface area contributed by atoms with Crippen molar-refractivity contribution in [3.63, 3.8) is 0 Å². The van der Waals surface area contributed by atoms with Crippen molar-refractivity contribution in [2.75, 3.05) is 27.2 Å². The molecule has 27 heavy (non-hydrogen) atoms. The quantitative estimate of drug-likeness (QED) is 0.724. The molecule has 0 bridgehead atoms. The van der Waals surface area contributed by atoms with E-state index in [9.17, 15) is 9.59 Å². The van der Waals surface area contributed by atoms with Crippen LogP contribution in [-0.4, -0.2) is 44.0 Å². The normalized spacial score (nSPS) is 14.8. The molecule has 1 saturated carbocycles. The van der Waals surface area contributed by atoms with Crippen LogP contribution in [0.1, 0.15) is 40.3 Å². The van der Waals surface area contributed by atoms with Crippen molar-refractivity contribution in [1.82, 2.24) is 10.2 Å². The monoisotopic (exact) mass is 370 g/mol. The predicted octanol–water partition coefficient (Wildman–Crippen LogP) is 2.65. The Kier molecular flexibility index (Phi) is 5.65. The molecule has 2 aromatic rings. The lowest BCUT2D eigenvalue weighted by Crippen LogP contribution is -2.38. The first-order chi connectivity index (χ1) is 12.9. The largest absolute Gasteiger partial charge is 0.465 e. The Morgan fingerprint density at radius 2 is 1.96 bits per heavy atom. The molecule has 1 aromatic carbocycles. The van der Waals surface area contributed by atoms with Crippen LogP contribution in [0.15, 0.2) is 40.8 Å². The third-order valence-corrected chi connectivity index (χ3v) is 5.08. The Hall–Kier alpha value is -2.60. The van der Waals surface area contributed by atoms with Gasteiger partial charge in [-0.05, 0) is 38.4 Å². The Bertz CT molecular complexity index is 809. The van der Waals surface area contributed by atoms with E-state index in [-0.39, 0.29) is 17.9 Å². The molecule has 1 aliphatic rings. The minimum Gasteiger partial charge on any atom is -0.465 e. The number of rotatable bonds is 8. The number of nitrogens with one attached hydrogen (secondary N) is 1. The van der Waals surface area contributed by atoms with Crippen molar-refractivity contribution in [3.8, 4) is 0 Å². The van der Waals surface area contributed by atoms with Crippen LogP contribution in [-0.2, 0) is 21.5 Å². The van der Waals surface area contributed by atoms with Crippen LogP contribution < -0.4 is 5.32 Å². The standard InChI is InChI=1S/C21H26N2O4/c1-15-18(20(25)26-3)11-17(27-15)12-23(2)13-19(24)22-14-21(9-10-21)16-7-5-4-6-8-16/h4-8,11H,9-10,12-14H2,1-3H3,(H,22,24). The minimum atomic E-state index is -0.418. The summed E-state index contributed by atoms with van der Waals surface area (Å²) in [7, 11) is 3.19. The number of nitrogens with zero attached hydrogens (tertiary/aromatic N) is 1. The van der Waals surface area contributed by atoms with Gasteiger partial charge < -0.3 is 14.5 Å². The van der Waals surface area contributed by atoms with Gasteiger partial charge in [0.1, 0.15) is 17.1 Å². The number of methoxy groups -OCH3 is 1. The maximum Gasteiger partial charge on any atom is 0.341 e. The lowest BCUT2D eigenvalue weighted by atomic mass is 9.96. The van der Waals surface area contributed by atoms with E-state index in [2.05, 4.69) is 17.4 Å². The summed E-state index contributed by atoms with van der Waals surface area (Å²) in [6, 6.07) is 12.0. The Morgan fingerprint density at radius 3 is 2.59 bits per heavy atom. The summed E-state index contributed by atoms with van der Waals surface area (Å²) in [5.74, 6) is 0.717. The minimum absolute atomic E-state index is 0.0174. The van der Waals surface area contributed by atoms with E-state index < -0.39 is 5.97 Å². The lowest BCUT2D eigenvalue weighted by molar-refractivity contribution is -0.122. The molecule has 0 radical (unpaired) electrons. The Morgan fingerprint density at radius 1 is 1.26 bits per heavy atom. The first-order valence-corrected chi connectivity index (χ1v) is 9.12. The maximum atomic E-state index is 12.3. The molecular weight excluding hydrogens is 344 g/mol. The highest BCUT2D eigenvalue weighted by Crippen LogP contribution is 2.47. The molecule has 1 fully saturated rings. The number of esters is 1. The van der Waals surface area contributed by atoms with Gasteiger partial charge in [-0.15, -0.1) is 0 Å². The van der Waals surface area contributed by atoms with Crippen LogP contribution in [0.5, 0.6) is 0 Å². The molecule has 3 rings (SSSR count). The van der Waals surface area contributed by atoms with E-state index >= 15 is 0 Å². The molecule has 0 spiro atoms. The van der Waals surface area contributed by atoms with Gasteiger partial charge in [0, 0.05) is 12.0 Å². The number of hydrogen-bond acceptors (Lipinski definition) is 5. The van der Waals surface area contributed by atoms with Crippen molar-refractivity contribution in [3.05, 3.63) is 59.0 Å². The highest BCUT2D eigenvalue weighted by atomic mass is 16.5. The van der Waals surface area contributed by atoms with Crippen LogP contribution in [0.25, 0.3) is 0 Å². The second-order valence-corrected chi connectivity index (χ2v) is 7.27. The summed E-state index contributed by atoms with van der Waals surface area (Å²) in [5.41, 5.74) is 1.81. The third kappa shape index (κ3) is 4.57. The molecular formula is C21H26N2O4.